The summed E-state index contributed by atoms with van der Waals surface area (Å²) in [4.78, 5) is 25.5. The summed E-state index contributed by atoms with van der Waals surface area (Å²) in [6, 6.07) is 28.2. The van der Waals surface area contributed by atoms with Gasteiger partial charge in [-0.1, -0.05) is 58.4 Å². The van der Waals surface area contributed by atoms with E-state index in [9.17, 15) is 14.9 Å². The predicted molar refractivity (Wildman–Crippen MR) is 141 cm³/mol. The van der Waals surface area contributed by atoms with Crippen molar-refractivity contribution in [2.75, 3.05) is 0 Å². The first kappa shape index (κ1) is 24.2. The van der Waals surface area contributed by atoms with Crippen LogP contribution in [0.4, 0.5) is 5.69 Å². The van der Waals surface area contributed by atoms with Gasteiger partial charge in [0.25, 0.3) is 5.69 Å². The van der Waals surface area contributed by atoms with Gasteiger partial charge >= 0.3 is 0 Å². The Labute approximate surface area is 212 Å². The molecule has 0 saturated heterocycles. The van der Waals surface area contributed by atoms with Crippen LogP contribution in [0.25, 0.3) is 6.08 Å². The highest BCUT2D eigenvalue weighted by Gasteiger charge is 2.15. The maximum absolute atomic E-state index is 13.2. The fourth-order valence-corrected chi connectivity index (χ4v) is 3.99. The molecular formula is C28H24BrN3O3. The molecule has 176 valence electrons. The number of aromatic nitrogens is 1. The van der Waals surface area contributed by atoms with E-state index in [2.05, 4.69) is 32.6 Å². The molecular weight excluding hydrogens is 506 g/mol. The molecule has 0 N–H and O–H groups in total. The number of hydrogen-bond donors (Lipinski definition) is 0. The van der Waals surface area contributed by atoms with Crippen LogP contribution < -0.4 is 0 Å². The molecule has 0 aliphatic carbocycles. The maximum atomic E-state index is 13.2. The Balaban J connectivity index is 1.53. The molecule has 1 heterocycles. The van der Waals surface area contributed by atoms with Crippen molar-refractivity contribution in [3.63, 3.8) is 0 Å². The smallest absolute Gasteiger partial charge is 0.269 e. The second kappa shape index (κ2) is 11.4. The highest BCUT2D eigenvalue weighted by molar-refractivity contribution is 9.10. The van der Waals surface area contributed by atoms with Crippen molar-refractivity contribution in [2.45, 2.75) is 19.6 Å². The predicted octanol–water partition coefficient (Wildman–Crippen LogP) is 6.45. The lowest BCUT2D eigenvalue weighted by molar-refractivity contribution is -0.384. The summed E-state index contributed by atoms with van der Waals surface area (Å²) in [5.74, 6) is -0.136. The lowest BCUT2D eigenvalue weighted by Crippen LogP contribution is -2.29. The minimum absolute atomic E-state index is 0.0192. The molecule has 0 aliphatic heterocycles. The van der Waals surface area contributed by atoms with E-state index in [4.69, 9.17) is 0 Å². The van der Waals surface area contributed by atoms with Gasteiger partial charge in [-0.05, 0) is 59.2 Å². The lowest BCUT2D eigenvalue weighted by Gasteiger charge is -2.23. The summed E-state index contributed by atoms with van der Waals surface area (Å²) in [7, 11) is 0. The Bertz CT molecular complexity index is 1310. The molecule has 1 aromatic heterocycles. The number of halogens is 1. The molecule has 0 fully saturated rings. The van der Waals surface area contributed by atoms with Gasteiger partial charge in [0, 0.05) is 47.7 Å². The van der Waals surface area contributed by atoms with Crippen LogP contribution >= 0.6 is 15.9 Å². The summed E-state index contributed by atoms with van der Waals surface area (Å²) in [5.41, 5.74) is 3.98. The summed E-state index contributed by atoms with van der Waals surface area (Å²) in [6.45, 7) is 1.62. The van der Waals surface area contributed by atoms with Gasteiger partial charge < -0.3 is 9.47 Å². The number of carbonyl (C=O) groups excluding carboxylic acids is 1. The number of hydrogen-bond acceptors (Lipinski definition) is 3. The van der Waals surface area contributed by atoms with Gasteiger partial charge in [0.1, 0.15) is 0 Å². The van der Waals surface area contributed by atoms with Crippen molar-refractivity contribution in [1.29, 1.82) is 0 Å². The average Bonchev–Trinajstić information content (AvgIpc) is 3.30. The van der Waals surface area contributed by atoms with Gasteiger partial charge in [-0.3, -0.25) is 14.9 Å². The molecule has 7 heteroatoms. The topological polar surface area (TPSA) is 68.4 Å². The van der Waals surface area contributed by atoms with Gasteiger partial charge in [0.2, 0.25) is 5.91 Å². The summed E-state index contributed by atoms with van der Waals surface area (Å²) in [5, 5.41) is 10.9. The van der Waals surface area contributed by atoms with Crippen LogP contribution in [0.2, 0.25) is 0 Å². The normalized spacial score (nSPS) is 11.0. The monoisotopic (exact) mass is 529 g/mol. The molecule has 4 rings (SSSR count). The van der Waals surface area contributed by atoms with E-state index in [0.29, 0.717) is 19.6 Å². The molecule has 0 spiro atoms. The van der Waals surface area contributed by atoms with Crippen molar-refractivity contribution < 1.29 is 9.72 Å². The molecule has 4 aromatic rings. The Morgan fingerprint density at radius 3 is 2.29 bits per heavy atom. The maximum Gasteiger partial charge on any atom is 0.269 e. The molecule has 1 amide bonds. The molecule has 0 radical (unpaired) electrons. The van der Waals surface area contributed by atoms with Gasteiger partial charge in [0.15, 0.2) is 0 Å². The number of benzene rings is 3. The average molecular weight is 530 g/mol. The first-order chi connectivity index (χ1) is 17.0. The van der Waals surface area contributed by atoms with E-state index in [1.165, 1.54) is 23.8 Å². The van der Waals surface area contributed by atoms with Crippen LogP contribution in [0.5, 0.6) is 0 Å². The van der Waals surface area contributed by atoms with Gasteiger partial charge in [0.05, 0.1) is 11.5 Å². The molecule has 6 nitrogen and oxygen atoms in total. The summed E-state index contributed by atoms with van der Waals surface area (Å²) < 4.78 is 3.18. The van der Waals surface area contributed by atoms with E-state index in [1.807, 2.05) is 60.8 Å². The number of rotatable bonds is 9. The zero-order chi connectivity index (χ0) is 24.6. The van der Waals surface area contributed by atoms with Crippen LogP contribution in [0.15, 0.2) is 108 Å². The lowest BCUT2D eigenvalue weighted by atomic mass is 10.1. The third kappa shape index (κ3) is 6.77. The molecule has 0 aliphatic rings. The van der Waals surface area contributed by atoms with Gasteiger partial charge in [-0.15, -0.1) is 0 Å². The first-order valence-corrected chi connectivity index (χ1v) is 11.9. The minimum Gasteiger partial charge on any atom is -0.345 e. The van der Waals surface area contributed by atoms with Crippen molar-refractivity contribution in [2.24, 2.45) is 0 Å². The first-order valence-electron chi connectivity index (χ1n) is 11.1. The second-order valence-electron chi connectivity index (χ2n) is 8.12. The molecule has 0 saturated carbocycles. The fourth-order valence-electron chi connectivity index (χ4n) is 3.72. The Morgan fingerprint density at radius 2 is 1.60 bits per heavy atom. The zero-order valence-electron chi connectivity index (χ0n) is 19.0. The highest BCUT2D eigenvalue weighted by Crippen LogP contribution is 2.17. The van der Waals surface area contributed by atoms with E-state index < -0.39 is 4.92 Å². The van der Waals surface area contributed by atoms with Crippen LogP contribution in [0.1, 0.15) is 22.4 Å². The molecule has 0 bridgehead atoms. The Hall–Kier alpha value is -3.97. The fraction of sp³-hybridized carbons (Fsp3) is 0.107. The van der Waals surface area contributed by atoms with Crippen molar-refractivity contribution >= 4 is 33.6 Å². The van der Waals surface area contributed by atoms with Gasteiger partial charge in [-0.2, -0.15) is 0 Å². The zero-order valence-corrected chi connectivity index (χ0v) is 20.5. The van der Waals surface area contributed by atoms with Crippen LogP contribution in [0, 0.1) is 10.1 Å². The number of non-ortho nitro benzene ring substituents is 1. The third-order valence-electron chi connectivity index (χ3n) is 5.59. The van der Waals surface area contributed by atoms with E-state index in [-0.39, 0.29) is 11.6 Å². The van der Waals surface area contributed by atoms with Crippen molar-refractivity contribution in [1.82, 2.24) is 9.47 Å². The van der Waals surface area contributed by atoms with Crippen LogP contribution in [-0.4, -0.2) is 20.3 Å². The largest absolute Gasteiger partial charge is 0.345 e. The van der Waals surface area contributed by atoms with Crippen LogP contribution in [0.3, 0.4) is 0 Å². The van der Waals surface area contributed by atoms with Crippen molar-refractivity contribution in [3.8, 4) is 0 Å². The Kier molecular flexibility index (Phi) is 7.90. The van der Waals surface area contributed by atoms with E-state index in [0.717, 1.165) is 21.3 Å². The number of nitro groups is 1. The minimum atomic E-state index is -0.441. The van der Waals surface area contributed by atoms with Crippen LogP contribution in [-0.2, 0) is 24.4 Å². The van der Waals surface area contributed by atoms with E-state index in [1.54, 1.807) is 23.1 Å². The van der Waals surface area contributed by atoms with E-state index >= 15 is 0 Å². The highest BCUT2D eigenvalue weighted by atomic mass is 79.9. The van der Waals surface area contributed by atoms with Gasteiger partial charge in [-0.25, -0.2) is 0 Å². The number of nitro benzene ring substituents is 1. The SMILES string of the molecule is O=C(C=Cc1ccc([N+](=O)[O-])cc1)N(Cc1ccccc1)Cc1cccn1Cc1ccc(Br)cc1. The molecule has 3 aromatic carbocycles. The van der Waals surface area contributed by atoms with Crippen molar-refractivity contribution in [3.05, 3.63) is 140 Å². The number of nitrogens with zero attached hydrogens (tertiary/aromatic N) is 3. The molecule has 0 unspecified atom stereocenters. The second-order valence-corrected chi connectivity index (χ2v) is 9.03. The quantitative estimate of drug-likeness (QED) is 0.142. The summed E-state index contributed by atoms with van der Waals surface area (Å²) in [6.07, 6.45) is 5.23. The number of carbonyl (C=O) groups is 1. The third-order valence-corrected chi connectivity index (χ3v) is 6.12. The summed E-state index contributed by atoms with van der Waals surface area (Å²) >= 11 is 3.47. The molecule has 35 heavy (non-hydrogen) atoms. The standard InChI is InChI=1S/C28H24BrN3O3/c29-25-13-8-24(9-14-25)19-30-18-4-7-27(30)21-31(20-23-5-2-1-3-6-23)28(33)17-12-22-10-15-26(16-11-22)32(34)35/h1-18H,19-21H2. The number of amides is 1. The molecule has 0 atom stereocenters. The Morgan fingerprint density at radius 1 is 0.886 bits per heavy atom.